The van der Waals surface area contributed by atoms with Gasteiger partial charge in [0.15, 0.2) is 11.5 Å². The SMILES string of the molecule is COc1ccc(CNc2cc(Br)ccc2C#N)cc1OC. The van der Waals surface area contributed by atoms with Crippen LogP contribution in [0.25, 0.3) is 0 Å². The van der Waals surface area contributed by atoms with Crippen LogP contribution < -0.4 is 14.8 Å². The van der Waals surface area contributed by atoms with Gasteiger partial charge in [-0.2, -0.15) is 5.26 Å². The lowest BCUT2D eigenvalue weighted by atomic mass is 10.1. The summed E-state index contributed by atoms with van der Waals surface area (Å²) in [6.07, 6.45) is 0. The van der Waals surface area contributed by atoms with Crippen molar-refractivity contribution in [3.63, 3.8) is 0 Å². The van der Waals surface area contributed by atoms with E-state index in [0.29, 0.717) is 23.6 Å². The molecule has 2 rings (SSSR count). The summed E-state index contributed by atoms with van der Waals surface area (Å²) in [5.74, 6) is 1.38. The highest BCUT2D eigenvalue weighted by atomic mass is 79.9. The lowest BCUT2D eigenvalue weighted by Crippen LogP contribution is -2.02. The average molecular weight is 347 g/mol. The number of hydrogen-bond acceptors (Lipinski definition) is 4. The zero-order valence-corrected chi connectivity index (χ0v) is 13.4. The van der Waals surface area contributed by atoms with Crippen molar-refractivity contribution in [3.8, 4) is 17.6 Å². The van der Waals surface area contributed by atoms with E-state index in [2.05, 4.69) is 27.3 Å². The molecule has 0 aliphatic carbocycles. The first-order valence-electron chi connectivity index (χ1n) is 6.32. The zero-order valence-electron chi connectivity index (χ0n) is 11.8. The second kappa shape index (κ2) is 7.00. The molecule has 4 nitrogen and oxygen atoms in total. The predicted octanol–water partition coefficient (Wildman–Crippen LogP) is 3.95. The molecule has 2 aromatic rings. The van der Waals surface area contributed by atoms with E-state index < -0.39 is 0 Å². The van der Waals surface area contributed by atoms with E-state index in [1.54, 1.807) is 20.3 Å². The van der Waals surface area contributed by atoms with Gasteiger partial charge in [0.2, 0.25) is 0 Å². The Morgan fingerprint density at radius 2 is 1.86 bits per heavy atom. The van der Waals surface area contributed by atoms with Gasteiger partial charge in [0.1, 0.15) is 6.07 Å². The van der Waals surface area contributed by atoms with Crippen LogP contribution in [-0.2, 0) is 6.54 Å². The van der Waals surface area contributed by atoms with E-state index in [9.17, 15) is 0 Å². The molecule has 108 valence electrons. The Balaban J connectivity index is 2.17. The molecule has 1 N–H and O–H groups in total. The van der Waals surface area contributed by atoms with Gasteiger partial charge in [0, 0.05) is 11.0 Å². The first kappa shape index (κ1) is 15.2. The van der Waals surface area contributed by atoms with Crippen LogP contribution in [0.4, 0.5) is 5.69 Å². The number of nitriles is 1. The van der Waals surface area contributed by atoms with E-state index in [4.69, 9.17) is 14.7 Å². The highest BCUT2D eigenvalue weighted by Gasteiger charge is 2.06. The van der Waals surface area contributed by atoms with Crippen molar-refractivity contribution in [3.05, 3.63) is 52.0 Å². The Hall–Kier alpha value is -2.19. The summed E-state index contributed by atoms with van der Waals surface area (Å²) in [6.45, 7) is 0.589. The Morgan fingerprint density at radius 1 is 1.10 bits per heavy atom. The number of rotatable bonds is 5. The van der Waals surface area contributed by atoms with Gasteiger partial charge in [-0.15, -0.1) is 0 Å². The number of halogens is 1. The Morgan fingerprint density at radius 3 is 2.52 bits per heavy atom. The molecule has 0 aliphatic rings. The molecule has 0 atom stereocenters. The van der Waals surface area contributed by atoms with Gasteiger partial charge in [-0.1, -0.05) is 22.0 Å². The molecule has 0 saturated carbocycles. The van der Waals surface area contributed by atoms with Gasteiger partial charge in [-0.3, -0.25) is 0 Å². The molecule has 21 heavy (non-hydrogen) atoms. The van der Waals surface area contributed by atoms with Crippen LogP contribution in [0.2, 0.25) is 0 Å². The van der Waals surface area contributed by atoms with Gasteiger partial charge < -0.3 is 14.8 Å². The second-order valence-electron chi connectivity index (χ2n) is 4.34. The summed E-state index contributed by atoms with van der Waals surface area (Å²) in [5.41, 5.74) is 2.44. The molecular formula is C16H15BrN2O2. The van der Waals surface area contributed by atoms with Crippen LogP contribution >= 0.6 is 15.9 Å². The van der Waals surface area contributed by atoms with Crippen LogP contribution in [-0.4, -0.2) is 14.2 Å². The van der Waals surface area contributed by atoms with Crippen molar-refractivity contribution in [1.82, 2.24) is 0 Å². The summed E-state index contributed by atoms with van der Waals surface area (Å²) < 4.78 is 11.4. The fraction of sp³-hybridized carbons (Fsp3) is 0.188. The first-order chi connectivity index (χ1) is 10.2. The smallest absolute Gasteiger partial charge is 0.161 e. The Bertz CT molecular complexity index is 680. The molecule has 2 aromatic carbocycles. The quantitative estimate of drug-likeness (QED) is 0.890. The minimum absolute atomic E-state index is 0.589. The van der Waals surface area contributed by atoms with Crippen LogP contribution in [0.3, 0.4) is 0 Å². The molecule has 0 unspecified atom stereocenters. The van der Waals surface area contributed by atoms with Crippen molar-refractivity contribution >= 4 is 21.6 Å². The van der Waals surface area contributed by atoms with Gasteiger partial charge in [-0.05, 0) is 35.9 Å². The summed E-state index contributed by atoms with van der Waals surface area (Å²) in [4.78, 5) is 0. The molecule has 0 amide bonds. The molecule has 0 heterocycles. The summed E-state index contributed by atoms with van der Waals surface area (Å²) in [5, 5.41) is 12.4. The maximum absolute atomic E-state index is 9.12. The van der Waals surface area contributed by atoms with E-state index in [0.717, 1.165) is 15.7 Å². The fourth-order valence-corrected chi connectivity index (χ4v) is 2.31. The van der Waals surface area contributed by atoms with Crippen LogP contribution in [0.5, 0.6) is 11.5 Å². The van der Waals surface area contributed by atoms with Gasteiger partial charge >= 0.3 is 0 Å². The normalized spacial score (nSPS) is 9.81. The van der Waals surface area contributed by atoms with Crippen molar-refractivity contribution < 1.29 is 9.47 Å². The molecule has 0 fully saturated rings. The monoisotopic (exact) mass is 346 g/mol. The fourth-order valence-electron chi connectivity index (χ4n) is 1.95. The highest BCUT2D eigenvalue weighted by molar-refractivity contribution is 9.10. The van der Waals surface area contributed by atoms with Gasteiger partial charge in [0.05, 0.1) is 25.5 Å². The Kier molecular flexibility index (Phi) is 5.07. The van der Waals surface area contributed by atoms with Gasteiger partial charge in [0.25, 0.3) is 0 Å². The van der Waals surface area contributed by atoms with Crippen molar-refractivity contribution in [2.45, 2.75) is 6.54 Å². The summed E-state index contributed by atoms with van der Waals surface area (Å²) in [6, 6.07) is 13.4. The number of anilines is 1. The summed E-state index contributed by atoms with van der Waals surface area (Å²) >= 11 is 3.41. The molecule has 0 radical (unpaired) electrons. The lowest BCUT2D eigenvalue weighted by molar-refractivity contribution is 0.354. The molecular weight excluding hydrogens is 332 g/mol. The van der Waals surface area contributed by atoms with E-state index >= 15 is 0 Å². The average Bonchev–Trinajstić information content (AvgIpc) is 2.52. The number of hydrogen-bond donors (Lipinski definition) is 1. The van der Waals surface area contributed by atoms with E-state index in [-0.39, 0.29) is 0 Å². The molecule has 0 spiro atoms. The first-order valence-corrected chi connectivity index (χ1v) is 7.11. The largest absolute Gasteiger partial charge is 0.493 e. The van der Waals surface area contributed by atoms with E-state index in [1.807, 2.05) is 30.3 Å². The third kappa shape index (κ3) is 3.67. The number of benzene rings is 2. The minimum atomic E-state index is 0.589. The number of nitrogens with one attached hydrogen (secondary N) is 1. The Labute approximate surface area is 132 Å². The van der Waals surface area contributed by atoms with Crippen molar-refractivity contribution in [2.75, 3.05) is 19.5 Å². The minimum Gasteiger partial charge on any atom is -0.493 e. The number of nitrogens with zero attached hydrogens (tertiary/aromatic N) is 1. The van der Waals surface area contributed by atoms with Gasteiger partial charge in [-0.25, -0.2) is 0 Å². The topological polar surface area (TPSA) is 54.3 Å². The lowest BCUT2D eigenvalue weighted by Gasteiger charge is -2.12. The third-order valence-electron chi connectivity index (χ3n) is 3.03. The molecule has 0 bridgehead atoms. The molecule has 5 heteroatoms. The second-order valence-corrected chi connectivity index (χ2v) is 5.26. The standard InChI is InChI=1S/C16H15BrN2O2/c1-20-15-6-3-11(7-16(15)21-2)10-19-14-8-13(17)5-4-12(14)9-18/h3-8,19H,10H2,1-2H3. The maximum Gasteiger partial charge on any atom is 0.161 e. The predicted molar refractivity (Wildman–Crippen MR) is 85.7 cm³/mol. The molecule has 0 saturated heterocycles. The van der Waals surface area contributed by atoms with Crippen molar-refractivity contribution in [1.29, 1.82) is 5.26 Å². The van der Waals surface area contributed by atoms with Crippen LogP contribution in [0.1, 0.15) is 11.1 Å². The molecule has 0 aliphatic heterocycles. The number of ether oxygens (including phenoxy) is 2. The third-order valence-corrected chi connectivity index (χ3v) is 3.53. The maximum atomic E-state index is 9.12. The van der Waals surface area contributed by atoms with Crippen LogP contribution in [0, 0.1) is 11.3 Å². The van der Waals surface area contributed by atoms with Crippen LogP contribution in [0.15, 0.2) is 40.9 Å². The molecule has 0 aromatic heterocycles. The van der Waals surface area contributed by atoms with E-state index in [1.165, 1.54) is 0 Å². The highest BCUT2D eigenvalue weighted by Crippen LogP contribution is 2.28. The van der Waals surface area contributed by atoms with Crippen molar-refractivity contribution in [2.24, 2.45) is 0 Å². The zero-order chi connectivity index (χ0) is 15.2. The number of methoxy groups -OCH3 is 2. The summed E-state index contributed by atoms with van der Waals surface area (Å²) in [7, 11) is 3.22.